The Hall–Kier alpha value is -2.37. The van der Waals surface area contributed by atoms with Crippen molar-refractivity contribution in [2.24, 2.45) is 0 Å². The molecule has 0 saturated carbocycles. The van der Waals surface area contributed by atoms with Crippen LogP contribution in [0.5, 0.6) is 5.88 Å². The Labute approximate surface area is 104 Å². The van der Waals surface area contributed by atoms with Crippen LogP contribution < -0.4 is 10.1 Å². The maximum atomic E-state index is 12.1. The highest BCUT2D eigenvalue weighted by molar-refractivity contribution is 6.05. The zero-order chi connectivity index (χ0) is 12.4. The predicted octanol–water partition coefficient (Wildman–Crippen LogP) is 1.31. The number of carbonyl (C=O) groups is 1. The average molecular weight is 244 g/mol. The molecule has 1 N–H and O–H groups in total. The molecular weight excluding hydrogens is 232 g/mol. The molecule has 0 unspecified atom stereocenters. The summed E-state index contributed by atoms with van der Waals surface area (Å²) in [6.45, 7) is 1.40. The Kier molecular flexibility index (Phi) is 2.68. The molecule has 6 heteroatoms. The fourth-order valence-corrected chi connectivity index (χ4v) is 1.84. The van der Waals surface area contributed by atoms with E-state index in [0.717, 1.165) is 13.0 Å². The lowest BCUT2D eigenvalue weighted by Crippen LogP contribution is -2.18. The van der Waals surface area contributed by atoms with E-state index in [1.807, 2.05) is 6.07 Å². The monoisotopic (exact) mass is 244 g/mol. The predicted molar refractivity (Wildman–Crippen MR) is 64.5 cm³/mol. The number of aromatic nitrogens is 3. The zero-order valence-electron chi connectivity index (χ0n) is 9.67. The van der Waals surface area contributed by atoms with Gasteiger partial charge in [-0.15, -0.1) is 0 Å². The molecule has 0 aromatic carbocycles. The first-order valence-corrected chi connectivity index (χ1v) is 5.75. The fourth-order valence-electron chi connectivity index (χ4n) is 1.84. The summed E-state index contributed by atoms with van der Waals surface area (Å²) in [5.41, 5.74) is 0.445. The highest BCUT2D eigenvalue weighted by Crippen LogP contribution is 2.22. The standard InChI is InChI=1S/C12H12N4O2/c17-11(15-10-4-1-2-5-13-10)9-8-14-16-6-3-7-18-12(9)16/h1-2,4-5,8H,3,6-7H2,(H,13,15,17). The molecule has 6 nitrogen and oxygen atoms in total. The number of hydrogen-bond donors (Lipinski definition) is 1. The summed E-state index contributed by atoms with van der Waals surface area (Å²) in [7, 11) is 0. The second-order valence-electron chi connectivity index (χ2n) is 3.96. The molecule has 0 saturated heterocycles. The van der Waals surface area contributed by atoms with Gasteiger partial charge in [-0.3, -0.25) is 4.79 Å². The van der Waals surface area contributed by atoms with Crippen molar-refractivity contribution in [2.45, 2.75) is 13.0 Å². The van der Waals surface area contributed by atoms with Crippen LogP contribution in [0.3, 0.4) is 0 Å². The second kappa shape index (κ2) is 4.48. The molecule has 92 valence electrons. The number of fused-ring (bicyclic) bond motifs is 1. The van der Waals surface area contributed by atoms with Gasteiger partial charge in [0.05, 0.1) is 12.8 Å². The quantitative estimate of drug-likeness (QED) is 0.864. The molecule has 0 spiro atoms. The molecule has 0 fully saturated rings. The van der Waals surface area contributed by atoms with Gasteiger partial charge in [-0.05, 0) is 12.1 Å². The van der Waals surface area contributed by atoms with Gasteiger partial charge in [-0.25, -0.2) is 9.67 Å². The molecule has 2 aromatic heterocycles. The van der Waals surface area contributed by atoms with Gasteiger partial charge in [0.1, 0.15) is 11.4 Å². The van der Waals surface area contributed by atoms with Gasteiger partial charge >= 0.3 is 0 Å². The Bertz CT molecular complexity index is 565. The van der Waals surface area contributed by atoms with E-state index in [9.17, 15) is 4.79 Å². The van der Waals surface area contributed by atoms with Crippen molar-refractivity contribution in [1.29, 1.82) is 0 Å². The van der Waals surface area contributed by atoms with Gasteiger partial charge in [0.25, 0.3) is 5.91 Å². The summed E-state index contributed by atoms with van der Waals surface area (Å²) < 4.78 is 7.18. The van der Waals surface area contributed by atoms with E-state index in [-0.39, 0.29) is 5.91 Å². The topological polar surface area (TPSA) is 69.0 Å². The summed E-state index contributed by atoms with van der Waals surface area (Å²) in [6.07, 6.45) is 4.06. The summed E-state index contributed by atoms with van der Waals surface area (Å²) in [6, 6.07) is 5.34. The molecule has 3 rings (SSSR count). The Morgan fingerprint density at radius 1 is 1.44 bits per heavy atom. The molecule has 3 heterocycles. The lowest BCUT2D eigenvalue weighted by molar-refractivity contribution is 0.102. The van der Waals surface area contributed by atoms with Crippen LogP contribution in [0, 0.1) is 0 Å². The SMILES string of the molecule is O=C(Nc1ccccn1)c1cnn2c1OCCC2. The minimum atomic E-state index is -0.253. The molecule has 0 bridgehead atoms. The highest BCUT2D eigenvalue weighted by atomic mass is 16.5. The maximum absolute atomic E-state index is 12.1. The van der Waals surface area contributed by atoms with Crippen LogP contribution >= 0.6 is 0 Å². The lowest BCUT2D eigenvalue weighted by Gasteiger charge is -2.15. The van der Waals surface area contributed by atoms with E-state index >= 15 is 0 Å². The summed E-state index contributed by atoms with van der Waals surface area (Å²) in [4.78, 5) is 16.1. The molecule has 1 aliphatic rings. The van der Waals surface area contributed by atoms with Gasteiger partial charge in [-0.2, -0.15) is 5.10 Å². The number of pyridine rings is 1. The average Bonchev–Trinajstić information content (AvgIpc) is 2.84. The molecule has 1 amide bonds. The zero-order valence-corrected chi connectivity index (χ0v) is 9.67. The molecular formula is C12H12N4O2. The lowest BCUT2D eigenvalue weighted by atomic mass is 10.3. The van der Waals surface area contributed by atoms with E-state index < -0.39 is 0 Å². The smallest absolute Gasteiger partial charge is 0.263 e. The van der Waals surface area contributed by atoms with Gasteiger partial charge < -0.3 is 10.1 Å². The van der Waals surface area contributed by atoms with E-state index in [1.54, 1.807) is 23.0 Å². The molecule has 0 atom stereocenters. The van der Waals surface area contributed by atoms with E-state index in [1.165, 1.54) is 6.20 Å². The van der Waals surface area contributed by atoms with E-state index in [0.29, 0.717) is 23.9 Å². The number of hydrogen-bond acceptors (Lipinski definition) is 4. The van der Waals surface area contributed by atoms with Crippen molar-refractivity contribution in [3.8, 4) is 5.88 Å². The van der Waals surface area contributed by atoms with Gasteiger partial charge in [0, 0.05) is 19.2 Å². The normalized spacial score (nSPS) is 13.6. The third kappa shape index (κ3) is 1.92. The van der Waals surface area contributed by atoms with Crippen molar-refractivity contribution in [3.05, 3.63) is 36.2 Å². The van der Waals surface area contributed by atoms with Crippen molar-refractivity contribution in [1.82, 2.24) is 14.8 Å². The molecule has 18 heavy (non-hydrogen) atoms. The largest absolute Gasteiger partial charge is 0.477 e. The van der Waals surface area contributed by atoms with Crippen LogP contribution in [-0.4, -0.2) is 27.3 Å². The minimum Gasteiger partial charge on any atom is -0.477 e. The van der Waals surface area contributed by atoms with Crippen molar-refractivity contribution >= 4 is 11.7 Å². The first kappa shape index (κ1) is 10.8. The number of nitrogens with one attached hydrogen (secondary N) is 1. The Morgan fingerprint density at radius 2 is 2.39 bits per heavy atom. The Morgan fingerprint density at radius 3 is 3.22 bits per heavy atom. The molecule has 0 radical (unpaired) electrons. The van der Waals surface area contributed by atoms with Crippen LogP contribution in [-0.2, 0) is 6.54 Å². The number of aryl methyl sites for hydroxylation is 1. The number of amides is 1. The summed E-state index contributed by atoms with van der Waals surface area (Å²) in [5, 5.41) is 6.84. The van der Waals surface area contributed by atoms with E-state index in [2.05, 4.69) is 15.4 Å². The van der Waals surface area contributed by atoms with Gasteiger partial charge in [-0.1, -0.05) is 6.07 Å². The number of anilines is 1. The van der Waals surface area contributed by atoms with Crippen LogP contribution in [0.25, 0.3) is 0 Å². The van der Waals surface area contributed by atoms with Gasteiger partial charge in [0.15, 0.2) is 0 Å². The first-order chi connectivity index (χ1) is 8.84. The fraction of sp³-hybridized carbons (Fsp3) is 0.250. The molecule has 1 aliphatic heterocycles. The number of ether oxygens (including phenoxy) is 1. The third-order valence-electron chi connectivity index (χ3n) is 2.70. The van der Waals surface area contributed by atoms with E-state index in [4.69, 9.17) is 4.74 Å². The van der Waals surface area contributed by atoms with Crippen molar-refractivity contribution in [3.63, 3.8) is 0 Å². The highest BCUT2D eigenvalue weighted by Gasteiger charge is 2.21. The van der Waals surface area contributed by atoms with Crippen molar-refractivity contribution in [2.75, 3.05) is 11.9 Å². The second-order valence-corrected chi connectivity index (χ2v) is 3.96. The maximum Gasteiger partial charge on any atom is 0.263 e. The third-order valence-corrected chi connectivity index (χ3v) is 2.70. The molecule has 2 aromatic rings. The van der Waals surface area contributed by atoms with Crippen LogP contribution in [0.2, 0.25) is 0 Å². The Balaban J connectivity index is 1.83. The van der Waals surface area contributed by atoms with Crippen molar-refractivity contribution < 1.29 is 9.53 Å². The number of nitrogens with zero attached hydrogens (tertiary/aromatic N) is 3. The number of carbonyl (C=O) groups excluding carboxylic acids is 1. The number of rotatable bonds is 2. The summed E-state index contributed by atoms with van der Waals surface area (Å²) >= 11 is 0. The summed E-state index contributed by atoms with van der Waals surface area (Å²) in [5.74, 6) is 0.796. The van der Waals surface area contributed by atoms with Crippen LogP contribution in [0.15, 0.2) is 30.6 Å². The minimum absolute atomic E-state index is 0.253. The molecule has 0 aliphatic carbocycles. The van der Waals surface area contributed by atoms with Crippen LogP contribution in [0.4, 0.5) is 5.82 Å². The van der Waals surface area contributed by atoms with Gasteiger partial charge in [0.2, 0.25) is 5.88 Å². The first-order valence-electron chi connectivity index (χ1n) is 5.75. The van der Waals surface area contributed by atoms with Crippen LogP contribution in [0.1, 0.15) is 16.8 Å².